The van der Waals surface area contributed by atoms with Gasteiger partial charge in [-0.1, -0.05) is 28.3 Å². The number of nitrogens with zero attached hydrogens (tertiary/aromatic N) is 4. The van der Waals surface area contributed by atoms with E-state index < -0.39 is 5.91 Å². The van der Waals surface area contributed by atoms with Gasteiger partial charge in [0.05, 0.1) is 5.75 Å². The van der Waals surface area contributed by atoms with E-state index in [1.807, 2.05) is 0 Å². The first-order valence-electron chi connectivity index (χ1n) is 6.50. The number of carbonyl (C=O) groups is 2. The summed E-state index contributed by atoms with van der Waals surface area (Å²) in [6, 6.07) is 1.52. The molecule has 0 unspecified atom stereocenters. The lowest BCUT2D eigenvalue weighted by molar-refractivity contribution is -0.113. The summed E-state index contributed by atoms with van der Waals surface area (Å²) in [5.41, 5.74) is 0.166. The molecule has 0 radical (unpaired) electrons. The third-order valence-electron chi connectivity index (χ3n) is 2.49. The van der Waals surface area contributed by atoms with Gasteiger partial charge in [0, 0.05) is 17.6 Å². The summed E-state index contributed by atoms with van der Waals surface area (Å²) in [7, 11) is 0. The minimum atomic E-state index is -0.430. The van der Waals surface area contributed by atoms with Crippen LogP contribution in [0.4, 0.5) is 10.3 Å². The van der Waals surface area contributed by atoms with E-state index in [4.69, 9.17) is 4.52 Å². The largest absolute Gasteiger partial charge is 0.361 e. The van der Waals surface area contributed by atoms with Gasteiger partial charge in [0.25, 0.3) is 5.91 Å². The van der Waals surface area contributed by atoms with E-state index in [9.17, 15) is 9.59 Å². The minimum Gasteiger partial charge on any atom is -0.361 e. The fraction of sp³-hybridized carbons (Fsp3) is 0.167. The van der Waals surface area contributed by atoms with E-state index in [1.165, 1.54) is 40.5 Å². The third-order valence-corrected chi connectivity index (χ3v) is 5.15. The molecule has 0 bridgehead atoms. The van der Waals surface area contributed by atoms with Gasteiger partial charge < -0.3 is 9.84 Å². The van der Waals surface area contributed by atoms with Crippen molar-refractivity contribution in [2.75, 3.05) is 16.4 Å². The second kappa shape index (κ2) is 7.51. The Morgan fingerprint density at radius 1 is 1.29 bits per heavy atom. The molecule has 0 saturated carbocycles. The highest BCUT2D eigenvalue weighted by atomic mass is 32.2. The average molecular weight is 382 g/mol. The maximum absolute atomic E-state index is 11.9. The van der Waals surface area contributed by atoms with E-state index in [0.717, 1.165) is 0 Å². The number of thiazole rings is 1. The summed E-state index contributed by atoms with van der Waals surface area (Å²) in [6.45, 7) is 1.69. The maximum atomic E-state index is 11.9. The van der Waals surface area contributed by atoms with Crippen molar-refractivity contribution >= 4 is 56.5 Å². The van der Waals surface area contributed by atoms with Gasteiger partial charge in [0.1, 0.15) is 5.76 Å². The molecule has 124 valence electrons. The molecule has 0 aliphatic heterocycles. The van der Waals surface area contributed by atoms with Gasteiger partial charge >= 0.3 is 0 Å². The van der Waals surface area contributed by atoms with Gasteiger partial charge in [0.15, 0.2) is 15.2 Å². The van der Waals surface area contributed by atoms with Crippen LogP contribution in [0.3, 0.4) is 0 Å². The van der Waals surface area contributed by atoms with E-state index in [-0.39, 0.29) is 17.4 Å². The zero-order chi connectivity index (χ0) is 16.9. The Bertz CT molecular complexity index is 844. The van der Waals surface area contributed by atoms with E-state index in [0.29, 0.717) is 20.4 Å². The molecule has 0 spiro atoms. The number of amides is 2. The Balaban J connectivity index is 1.50. The highest BCUT2D eigenvalue weighted by Gasteiger charge is 2.14. The van der Waals surface area contributed by atoms with Crippen molar-refractivity contribution in [2.45, 2.75) is 11.3 Å². The van der Waals surface area contributed by atoms with Gasteiger partial charge in [-0.25, -0.2) is 4.98 Å². The zero-order valence-electron chi connectivity index (χ0n) is 12.2. The van der Waals surface area contributed by atoms with Gasteiger partial charge in [-0.2, -0.15) is 0 Å². The Kier molecular flexibility index (Phi) is 5.17. The van der Waals surface area contributed by atoms with E-state index >= 15 is 0 Å². The molecule has 2 N–H and O–H groups in total. The number of hydrogen-bond acceptors (Lipinski definition) is 10. The lowest BCUT2D eigenvalue weighted by Gasteiger charge is -1.98. The quantitative estimate of drug-likeness (QED) is 0.492. The average Bonchev–Trinajstić information content (AvgIpc) is 3.27. The van der Waals surface area contributed by atoms with Crippen molar-refractivity contribution in [1.82, 2.24) is 20.3 Å². The number of hydrogen-bond donors (Lipinski definition) is 2. The van der Waals surface area contributed by atoms with E-state index in [2.05, 4.69) is 31.0 Å². The van der Waals surface area contributed by atoms with Crippen LogP contribution in [-0.4, -0.2) is 37.9 Å². The highest BCUT2D eigenvalue weighted by Crippen LogP contribution is 2.26. The van der Waals surface area contributed by atoms with Crippen LogP contribution in [-0.2, 0) is 4.79 Å². The summed E-state index contributed by atoms with van der Waals surface area (Å²) in [5, 5.41) is 19.3. The molecule has 0 aliphatic carbocycles. The first kappa shape index (κ1) is 16.5. The number of nitrogens with one attached hydrogen (secondary N) is 2. The number of carbonyl (C=O) groups excluding carboxylic acids is 2. The van der Waals surface area contributed by atoms with E-state index in [1.54, 1.807) is 18.5 Å². The van der Waals surface area contributed by atoms with Crippen molar-refractivity contribution in [1.29, 1.82) is 0 Å². The lowest BCUT2D eigenvalue weighted by Crippen LogP contribution is -2.13. The maximum Gasteiger partial charge on any atom is 0.279 e. The van der Waals surface area contributed by atoms with Crippen LogP contribution in [0, 0.1) is 6.92 Å². The Morgan fingerprint density at radius 3 is 2.88 bits per heavy atom. The first-order chi connectivity index (χ1) is 11.6. The molecule has 9 nitrogen and oxygen atoms in total. The molecule has 3 aromatic heterocycles. The van der Waals surface area contributed by atoms with Gasteiger partial charge in [-0.05, 0) is 6.92 Å². The molecule has 0 aliphatic rings. The normalized spacial score (nSPS) is 10.5. The highest BCUT2D eigenvalue weighted by molar-refractivity contribution is 8.01. The third kappa shape index (κ3) is 4.37. The minimum absolute atomic E-state index is 0.166. The summed E-state index contributed by atoms with van der Waals surface area (Å²) < 4.78 is 5.41. The Hall–Kier alpha value is -2.31. The molecule has 3 aromatic rings. The fourth-order valence-electron chi connectivity index (χ4n) is 1.52. The molecule has 24 heavy (non-hydrogen) atoms. The van der Waals surface area contributed by atoms with Crippen LogP contribution in [0.1, 0.15) is 16.2 Å². The Morgan fingerprint density at radius 2 is 2.17 bits per heavy atom. The lowest BCUT2D eigenvalue weighted by atomic mass is 10.4. The summed E-state index contributed by atoms with van der Waals surface area (Å²) in [4.78, 5) is 27.6. The van der Waals surface area contributed by atoms with Gasteiger partial charge in [0.2, 0.25) is 11.0 Å². The molecular formula is C12H10N6O3S3. The first-order valence-corrected chi connectivity index (χ1v) is 9.18. The number of aryl methyl sites for hydroxylation is 1. The standard InChI is InChI=1S/C12H10N6O3S3/c1-6-4-7(18-21-6)9(20)15-11-16-17-12(24-11)23-5-8(19)14-10-13-2-3-22-10/h2-4H,5H2,1H3,(H,13,14,19)(H,15,16,20). The summed E-state index contributed by atoms with van der Waals surface area (Å²) >= 11 is 3.74. The molecule has 0 atom stereocenters. The number of anilines is 2. The van der Waals surface area contributed by atoms with Crippen LogP contribution in [0.25, 0.3) is 0 Å². The van der Waals surface area contributed by atoms with Crippen LogP contribution >= 0.6 is 34.4 Å². The SMILES string of the molecule is Cc1cc(C(=O)Nc2nnc(SCC(=O)Nc3nccs3)s2)no1. The smallest absolute Gasteiger partial charge is 0.279 e. The van der Waals surface area contributed by atoms with Crippen LogP contribution in [0.5, 0.6) is 0 Å². The predicted octanol–water partition coefficient (Wildman–Crippen LogP) is 2.27. The van der Waals surface area contributed by atoms with Crippen LogP contribution in [0.2, 0.25) is 0 Å². The van der Waals surface area contributed by atoms with Crippen molar-refractivity contribution in [3.63, 3.8) is 0 Å². The molecule has 0 aromatic carbocycles. The molecule has 3 rings (SSSR count). The van der Waals surface area contributed by atoms with Crippen molar-refractivity contribution in [2.24, 2.45) is 0 Å². The molecule has 3 heterocycles. The Labute approximate surface area is 147 Å². The van der Waals surface area contributed by atoms with Crippen molar-refractivity contribution in [3.8, 4) is 0 Å². The van der Waals surface area contributed by atoms with Gasteiger partial charge in [-0.15, -0.1) is 21.5 Å². The number of rotatable bonds is 6. The zero-order valence-corrected chi connectivity index (χ0v) is 14.6. The molecular weight excluding hydrogens is 372 g/mol. The van der Waals surface area contributed by atoms with Gasteiger partial charge in [-0.3, -0.25) is 14.9 Å². The monoisotopic (exact) mass is 382 g/mol. The molecule has 12 heteroatoms. The van der Waals surface area contributed by atoms with Crippen LogP contribution in [0.15, 0.2) is 26.5 Å². The molecule has 0 fully saturated rings. The number of thioether (sulfide) groups is 1. The molecule has 2 amide bonds. The second-order valence-electron chi connectivity index (χ2n) is 4.32. The summed E-state index contributed by atoms with van der Waals surface area (Å²) in [6.07, 6.45) is 1.61. The predicted molar refractivity (Wildman–Crippen MR) is 90.6 cm³/mol. The molecule has 0 saturated heterocycles. The topological polar surface area (TPSA) is 123 Å². The number of aromatic nitrogens is 4. The van der Waals surface area contributed by atoms with Crippen molar-refractivity contribution < 1.29 is 14.1 Å². The second-order valence-corrected chi connectivity index (χ2v) is 7.42. The summed E-state index contributed by atoms with van der Waals surface area (Å²) in [5.74, 6) is 0.0970. The van der Waals surface area contributed by atoms with Crippen LogP contribution < -0.4 is 10.6 Å². The fourth-order valence-corrected chi connectivity index (χ4v) is 3.61. The van der Waals surface area contributed by atoms with Crippen molar-refractivity contribution in [3.05, 3.63) is 29.1 Å².